The molecule has 4 rings (SSSR count). The largest absolute Gasteiger partial charge is 0.356 e. The Morgan fingerprint density at radius 2 is 1.92 bits per heavy atom. The molecule has 2 aromatic rings. The van der Waals surface area contributed by atoms with Crippen LogP contribution in [0.15, 0.2) is 41.5 Å². The van der Waals surface area contributed by atoms with E-state index >= 15 is 0 Å². The van der Waals surface area contributed by atoms with Gasteiger partial charge in [-0.3, -0.25) is 9.98 Å². The van der Waals surface area contributed by atoms with E-state index in [2.05, 4.69) is 44.5 Å². The third-order valence-corrected chi connectivity index (χ3v) is 5.88. The van der Waals surface area contributed by atoms with Gasteiger partial charge in [0.05, 0.1) is 5.52 Å². The molecule has 1 N–H and O–H groups in total. The summed E-state index contributed by atoms with van der Waals surface area (Å²) in [5.74, 6) is 2.84. The Labute approximate surface area is 150 Å². The van der Waals surface area contributed by atoms with Crippen LogP contribution in [0.1, 0.15) is 31.2 Å². The number of nitrogens with zero attached hydrogens (tertiary/aromatic N) is 3. The first-order valence-electron chi connectivity index (χ1n) is 9.63. The van der Waals surface area contributed by atoms with Crippen molar-refractivity contribution >= 4 is 16.9 Å². The van der Waals surface area contributed by atoms with Crippen molar-refractivity contribution in [2.24, 2.45) is 16.8 Å². The van der Waals surface area contributed by atoms with Crippen LogP contribution in [-0.4, -0.2) is 42.5 Å². The summed E-state index contributed by atoms with van der Waals surface area (Å²) in [5, 5.41) is 4.80. The minimum absolute atomic E-state index is 0.884. The van der Waals surface area contributed by atoms with Crippen LogP contribution in [0.4, 0.5) is 0 Å². The molecule has 1 saturated carbocycles. The molecule has 0 amide bonds. The van der Waals surface area contributed by atoms with Crippen molar-refractivity contribution in [2.75, 3.05) is 26.7 Å². The Kier molecular flexibility index (Phi) is 4.86. The van der Waals surface area contributed by atoms with Crippen LogP contribution in [0.25, 0.3) is 10.9 Å². The highest BCUT2D eigenvalue weighted by atomic mass is 15.3. The third-order valence-electron chi connectivity index (χ3n) is 5.88. The van der Waals surface area contributed by atoms with E-state index in [1.165, 1.54) is 49.7 Å². The number of para-hydroxylation sites is 1. The number of rotatable bonds is 3. The van der Waals surface area contributed by atoms with Crippen LogP contribution in [0.2, 0.25) is 0 Å². The highest BCUT2D eigenvalue weighted by molar-refractivity contribution is 5.82. The standard InChI is InChI=1S/C21H28N4/c1-22-21(25-14-18-6-2-3-7-19(18)15-25)24-13-11-17-9-4-8-16-10-5-12-23-20(16)17/h4-5,8-10,12,18-19H,2-3,6-7,11,13-15H2,1H3,(H,22,24). The van der Waals surface area contributed by atoms with Gasteiger partial charge in [0.1, 0.15) is 0 Å². The zero-order valence-electron chi connectivity index (χ0n) is 15.1. The van der Waals surface area contributed by atoms with E-state index < -0.39 is 0 Å². The molecular formula is C21H28N4. The molecule has 4 nitrogen and oxygen atoms in total. The molecule has 1 aliphatic heterocycles. The molecule has 25 heavy (non-hydrogen) atoms. The molecule has 2 aliphatic rings. The van der Waals surface area contributed by atoms with Gasteiger partial charge in [0.2, 0.25) is 0 Å². The summed E-state index contributed by atoms with van der Waals surface area (Å²) in [6, 6.07) is 10.6. The molecule has 0 spiro atoms. The second-order valence-corrected chi connectivity index (χ2v) is 7.43. The summed E-state index contributed by atoms with van der Waals surface area (Å²) in [7, 11) is 1.91. The van der Waals surface area contributed by atoms with Crippen molar-refractivity contribution in [3.8, 4) is 0 Å². The van der Waals surface area contributed by atoms with Gasteiger partial charge in [-0.15, -0.1) is 0 Å². The zero-order chi connectivity index (χ0) is 17.1. The molecule has 0 radical (unpaired) electrons. The molecule has 2 heterocycles. The quantitative estimate of drug-likeness (QED) is 0.689. The summed E-state index contributed by atoms with van der Waals surface area (Å²) in [5.41, 5.74) is 2.42. The number of guanidine groups is 1. The number of hydrogen-bond donors (Lipinski definition) is 1. The maximum atomic E-state index is 4.56. The van der Waals surface area contributed by atoms with E-state index in [4.69, 9.17) is 0 Å². The van der Waals surface area contributed by atoms with Gasteiger partial charge in [-0.05, 0) is 42.7 Å². The number of pyridine rings is 1. The van der Waals surface area contributed by atoms with Crippen LogP contribution in [0.5, 0.6) is 0 Å². The lowest BCUT2D eigenvalue weighted by Gasteiger charge is -2.22. The lowest BCUT2D eigenvalue weighted by molar-refractivity contribution is 0.299. The summed E-state index contributed by atoms with van der Waals surface area (Å²) >= 11 is 0. The van der Waals surface area contributed by atoms with Crippen molar-refractivity contribution in [1.82, 2.24) is 15.2 Å². The molecular weight excluding hydrogens is 308 g/mol. The van der Waals surface area contributed by atoms with Crippen LogP contribution >= 0.6 is 0 Å². The predicted octanol–water partition coefficient (Wildman–Crippen LogP) is 3.47. The molecule has 1 aromatic carbocycles. The van der Waals surface area contributed by atoms with Gasteiger partial charge < -0.3 is 10.2 Å². The third kappa shape index (κ3) is 3.48. The monoisotopic (exact) mass is 336 g/mol. The maximum Gasteiger partial charge on any atom is 0.193 e. The molecule has 1 aromatic heterocycles. The van der Waals surface area contributed by atoms with E-state index in [1.807, 2.05) is 19.3 Å². The highest BCUT2D eigenvalue weighted by Gasteiger charge is 2.35. The van der Waals surface area contributed by atoms with Crippen LogP contribution in [0.3, 0.4) is 0 Å². The molecule has 2 unspecified atom stereocenters. The van der Waals surface area contributed by atoms with Gasteiger partial charge >= 0.3 is 0 Å². The summed E-state index contributed by atoms with van der Waals surface area (Å²) in [6.07, 6.45) is 8.47. The Bertz CT molecular complexity index is 735. The van der Waals surface area contributed by atoms with Crippen molar-refractivity contribution in [3.05, 3.63) is 42.1 Å². The molecule has 0 bridgehead atoms. The van der Waals surface area contributed by atoms with E-state index in [1.54, 1.807) is 0 Å². The van der Waals surface area contributed by atoms with Crippen LogP contribution in [0, 0.1) is 11.8 Å². The molecule has 1 saturated heterocycles. The number of fused-ring (bicyclic) bond motifs is 2. The van der Waals surface area contributed by atoms with E-state index in [-0.39, 0.29) is 0 Å². The van der Waals surface area contributed by atoms with E-state index in [0.29, 0.717) is 0 Å². The van der Waals surface area contributed by atoms with Gasteiger partial charge in [-0.1, -0.05) is 37.1 Å². The molecule has 132 valence electrons. The minimum atomic E-state index is 0.884. The lowest BCUT2D eigenvalue weighted by atomic mass is 9.82. The fourth-order valence-electron chi connectivity index (χ4n) is 4.59. The number of benzene rings is 1. The molecule has 2 fully saturated rings. The number of hydrogen-bond acceptors (Lipinski definition) is 2. The second kappa shape index (κ2) is 7.42. The van der Waals surface area contributed by atoms with Crippen LogP contribution < -0.4 is 5.32 Å². The first-order valence-corrected chi connectivity index (χ1v) is 9.63. The maximum absolute atomic E-state index is 4.56. The highest BCUT2D eigenvalue weighted by Crippen LogP contribution is 2.35. The number of nitrogens with one attached hydrogen (secondary N) is 1. The Balaban J connectivity index is 1.37. The number of aliphatic imine (C=N–C) groups is 1. The van der Waals surface area contributed by atoms with Gasteiger partial charge in [0, 0.05) is 38.3 Å². The van der Waals surface area contributed by atoms with Crippen molar-refractivity contribution < 1.29 is 0 Å². The minimum Gasteiger partial charge on any atom is -0.356 e. The summed E-state index contributed by atoms with van der Waals surface area (Å²) in [4.78, 5) is 11.6. The SMILES string of the molecule is CN=C(NCCc1cccc2cccnc12)N1CC2CCCCC2C1. The number of aromatic nitrogens is 1. The predicted molar refractivity (Wildman–Crippen MR) is 104 cm³/mol. The summed E-state index contributed by atoms with van der Waals surface area (Å²) in [6.45, 7) is 3.26. The second-order valence-electron chi connectivity index (χ2n) is 7.43. The smallest absolute Gasteiger partial charge is 0.193 e. The Morgan fingerprint density at radius 1 is 1.16 bits per heavy atom. The fraction of sp³-hybridized carbons (Fsp3) is 0.524. The normalized spacial score (nSPS) is 23.7. The van der Waals surface area contributed by atoms with Crippen molar-refractivity contribution in [2.45, 2.75) is 32.1 Å². The van der Waals surface area contributed by atoms with E-state index in [0.717, 1.165) is 36.3 Å². The molecule has 2 atom stereocenters. The lowest BCUT2D eigenvalue weighted by Crippen LogP contribution is -2.41. The first kappa shape index (κ1) is 16.4. The molecule has 4 heteroatoms. The van der Waals surface area contributed by atoms with Gasteiger partial charge in [-0.2, -0.15) is 0 Å². The van der Waals surface area contributed by atoms with E-state index in [9.17, 15) is 0 Å². The topological polar surface area (TPSA) is 40.5 Å². The van der Waals surface area contributed by atoms with Gasteiger partial charge in [0.25, 0.3) is 0 Å². The number of likely N-dealkylation sites (tertiary alicyclic amines) is 1. The zero-order valence-corrected chi connectivity index (χ0v) is 15.1. The Hall–Kier alpha value is -2.10. The van der Waals surface area contributed by atoms with Gasteiger partial charge in [-0.25, -0.2) is 0 Å². The average Bonchev–Trinajstić information content (AvgIpc) is 3.09. The van der Waals surface area contributed by atoms with Crippen LogP contribution in [-0.2, 0) is 6.42 Å². The van der Waals surface area contributed by atoms with Crippen molar-refractivity contribution in [3.63, 3.8) is 0 Å². The first-order chi connectivity index (χ1) is 12.3. The van der Waals surface area contributed by atoms with Gasteiger partial charge in [0.15, 0.2) is 5.96 Å². The Morgan fingerprint density at radius 3 is 2.68 bits per heavy atom. The molecule has 1 aliphatic carbocycles. The fourth-order valence-corrected chi connectivity index (χ4v) is 4.59. The van der Waals surface area contributed by atoms with Crippen molar-refractivity contribution in [1.29, 1.82) is 0 Å². The summed E-state index contributed by atoms with van der Waals surface area (Å²) < 4.78 is 0. The average molecular weight is 336 g/mol.